The van der Waals surface area contributed by atoms with Gasteiger partial charge in [-0.25, -0.2) is 8.78 Å². The van der Waals surface area contributed by atoms with Gasteiger partial charge in [0.1, 0.15) is 22.9 Å². The Morgan fingerprint density at radius 2 is 1.85 bits per heavy atom. The highest BCUT2D eigenvalue weighted by molar-refractivity contribution is 7.07. The lowest BCUT2D eigenvalue weighted by Crippen LogP contribution is -2.35. The van der Waals surface area contributed by atoms with Crippen LogP contribution in [0.4, 0.5) is 8.78 Å². The van der Waals surface area contributed by atoms with Gasteiger partial charge in [-0.2, -0.15) is 11.3 Å². The molecule has 1 aliphatic rings. The van der Waals surface area contributed by atoms with Crippen LogP contribution in [0, 0.1) is 11.6 Å². The highest BCUT2D eigenvalue weighted by atomic mass is 32.1. The first kappa shape index (κ1) is 23.6. The fraction of sp³-hybridized carbons (Fsp3) is 0.292. The molecule has 34 heavy (non-hydrogen) atoms. The van der Waals surface area contributed by atoms with E-state index in [1.165, 1.54) is 34.0 Å². The zero-order valence-corrected chi connectivity index (χ0v) is 19.3. The molecule has 0 radical (unpaired) electrons. The normalized spacial score (nSPS) is 13.2. The van der Waals surface area contributed by atoms with Gasteiger partial charge >= 0.3 is 0 Å². The Morgan fingerprint density at radius 3 is 2.53 bits per heavy atom. The molecule has 3 heterocycles. The van der Waals surface area contributed by atoms with E-state index >= 15 is 0 Å². The van der Waals surface area contributed by atoms with E-state index in [-0.39, 0.29) is 66.7 Å². The molecule has 7 nitrogen and oxygen atoms in total. The molecule has 0 saturated heterocycles. The highest BCUT2D eigenvalue weighted by Crippen LogP contribution is 2.23. The van der Waals surface area contributed by atoms with Crippen LogP contribution in [-0.4, -0.2) is 41.5 Å². The molecule has 2 amide bonds. The van der Waals surface area contributed by atoms with Gasteiger partial charge < -0.3 is 19.5 Å². The van der Waals surface area contributed by atoms with Gasteiger partial charge in [0, 0.05) is 50.4 Å². The molecule has 4 rings (SSSR count). The van der Waals surface area contributed by atoms with Crippen LogP contribution >= 0.6 is 11.3 Å². The average Bonchev–Trinajstić information content (AvgIpc) is 3.21. The summed E-state index contributed by atoms with van der Waals surface area (Å²) < 4.78 is 33.8. The topological polar surface area (TPSA) is 80.6 Å². The summed E-state index contributed by atoms with van der Waals surface area (Å²) in [4.78, 5) is 40.2. The molecule has 0 bridgehead atoms. The summed E-state index contributed by atoms with van der Waals surface area (Å²) in [6.07, 6.45) is 0.0775. The van der Waals surface area contributed by atoms with Crippen LogP contribution in [0.15, 0.2) is 45.9 Å². The van der Waals surface area contributed by atoms with Gasteiger partial charge in [-0.3, -0.25) is 14.4 Å². The smallest absolute Gasteiger partial charge is 0.257 e. The Hall–Kier alpha value is -3.53. The number of fused-ring (bicyclic) bond motifs is 1. The first-order valence-corrected chi connectivity index (χ1v) is 11.6. The van der Waals surface area contributed by atoms with E-state index in [4.69, 9.17) is 4.74 Å². The summed E-state index contributed by atoms with van der Waals surface area (Å²) in [7, 11) is 1.39. The number of pyridine rings is 1. The minimum Gasteiger partial charge on any atom is -0.496 e. The largest absolute Gasteiger partial charge is 0.496 e. The molecule has 1 N–H and O–H groups in total. The fourth-order valence-corrected chi connectivity index (χ4v) is 4.74. The number of hydrogen-bond acceptors (Lipinski definition) is 5. The van der Waals surface area contributed by atoms with Crippen molar-refractivity contribution in [3.63, 3.8) is 0 Å². The Morgan fingerprint density at radius 1 is 1.09 bits per heavy atom. The van der Waals surface area contributed by atoms with E-state index in [9.17, 15) is 23.2 Å². The monoisotopic (exact) mass is 487 g/mol. The van der Waals surface area contributed by atoms with Gasteiger partial charge in [-0.15, -0.1) is 0 Å². The number of amides is 2. The van der Waals surface area contributed by atoms with Gasteiger partial charge in [0.25, 0.3) is 11.5 Å². The van der Waals surface area contributed by atoms with Crippen molar-refractivity contribution in [3.8, 4) is 5.75 Å². The minimum atomic E-state index is -0.747. The molecule has 10 heteroatoms. The van der Waals surface area contributed by atoms with Gasteiger partial charge in [0.15, 0.2) is 0 Å². The predicted octanol–water partition coefficient (Wildman–Crippen LogP) is 2.75. The molecular weight excluding hydrogens is 464 g/mol. The predicted molar refractivity (Wildman–Crippen MR) is 123 cm³/mol. The summed E-state index contributed by atoms with van der Waals surface area (Å²) in [6, 6.07) is 6.18. The van der Waals surface area contributed by atoms with Crippen molar-refractivity contribution >= 4 is 23.2 Å². The molecule has 1 aromatic carbocycles. The summed E-state index contributed by atoms with van der Waals surface area (Å²) in [5.74, 6) is -2.01. The van der Waals surface area contributed by atoms with E-state index in [2.05, 4.69) is 5.32 Å². The standard InChI is InChI=1S/C24H23F2N3O4S/c1-33-20-12-22(31)29-6-5-28(21(30)10-16-8-17(25)11-18(26)9-16)4-2-19(29)23(20)24(32)27-13-15-3-7-34-14-15/h3,7-9,11-12,14H,2,4-6,10,13H2,1H3,(H,27,32). The molecule has 178 valence electrons. The molecule has 0 atom stereocenters. The Labute approximate surface area is 198 Å². The lowest BCUT2D eigenvalue weighted by molar-refractivity contribution is -0.130. The Kier molecular flexibility index (Phi) is 7.06. The lowest BCUT2D eigenvalue weighted by Gasteiger charge is -2.20. The highest BCUT2D eigenvalue weighted by Gasteiger charge is 2.26. The van der Waals surface area contributed by atoms with E-state index in [1.807, 2.05) is 16.8 Å². The molecule has 2 aromatic heterocycles. The van der Waals surface area contributed by atoms with Crippen molar-refractivity contribution in [1.82, 2.24) is 14.8 Å². The third-order valence-corrected chi connectivity index (χ3v) is 6.44. The maximum Gasteiger partial charge on any atom is 0.257 e. The summed E-state index contributed by atoms with van der Waals surface area (Å²) in [5, 5.41) is 6.71. The molecule has 3 aromatic rings. The minimum absolute atomic E-state index is 0.169. The number of benzene rings is 1. The number of nitrogens with zero attached hydrogens (tertiary/aromatic N) is 2. The second-order valence-corrected chi connectivity index (χ2v) is 8.70. The van der Waals surface area contributed by atoms with Crippen molar-refractivity contribution in [3.05, 3.63) is 85.5 Å². The summed E-state index contributed by atoms with van der Waals surface area (Å²) >= 11 is 1.53. The van der Waals surface area contributed by atoms with Crippen LogP contribution < -0.4 is 15.6 Å². The van der Waals surface area contributed by atoms with Crippen molar-refractivity contribution in [2.45, 2.75) is 25.9 Å². The van der Waals surface area contributed by atoms with E-state index in [0.717, 1.165) is 23.8 Å². The molecule has 0 unspecified atom stereocenters. The third-order valence-electron chi connectivity index (χ3n) is 5.70. The maximum absolute atomic E-state index is 13.5. The number of rotatable bonds is 6. The molecule has 1 aliphatic heterocycles. The van der Waals surface area contributed by atoms with E-state index < -0.39 is 11.6 Å². The van der Waals surface area contributed by atoms with Crippen LogP contribution in [0.25, 0.3) is 0 Å². The number of methoxy groups -OCH3 is 1. The number of halogens is 2. The maximum atomic E-state index is 13.5. The SMILES string of the molecule is COc1cc(=O)n2c(c1C(=O)NCc1ccsc1)CCN(C(=O)Cc1cc(F)cc(F)c1)CC2. The number of ether oxygens (including phenoxy) is 1. The zero-order valence-electron chi connectivity index (χ0n) is 18.5. The van der Waals surface area contributed by atoms with Gasteiger partial charge in [0.2, 0.25) is 5.91 Å². The number of nitrogens with one attached hydrogen (secondary N) is 1. The third kappa shape index (κ3) is 5.17. The molecule has 0 spiro atoms. The molecule has 0 aliphatic carbocycles. The quantitative estimate of drug-likeness (QED) is 0.580. The van der Waals surface area contributed by atoms with Crippen LogP contribution in [0.1, 0.15) is 27.2 Å². The van der Waals surface area contributed by atoms with Crippen LogP contribution in [0.5, 0.6) is 5.75 Å². The number of carbonyl (C=O) groups excluding carboxylic acids is 2. The van der Waals surface area contributed by atoms with Gasteiger partial charge in [-0.1, -0.05) is 0 Å². The van der Waals surface area contributed by atoms with Crippen molar-refractivity contribution in [2.75, 3.05) is 20.2 Å². The van der Waals surface area contributed by atoms with E-state index in [1.54, 1.807) is 0 Å². The first-order chi connectivity index (χ1) is 16.4. The average molecular weight is 488 g/mol. The molecule has 0 saturated carbocycles. The molecular formula is C24H23F2N3O4S. The zero-order chi connectivity index (χ0) is 24.2. The molecule has 0 fully saturated rings. The lowest BCUT2D eigenvalue weighted by atomic mass is 10.1. The van der Waals surface area contributed by atoms with Crippen molar-refractivity contribution in [2.24, 2.45) is 0 Å². The van der Waals surface area contributed by atoms with Crippen LogP contribution in [0.2, 0.25) is 0 Å². The van der Waals surface area contributed by atoms with Gasteiger partial charge in [0.05, 0.1) is 13.5 Å². The van der Waals surface area contributed by atoms with Crippen molar-refractivity contribution < 1.29 is 23.1 Å². The number of aromatic nitrogens is 1. The first-order valence-electron chi connectivity index (χ1n) is 10.7. The Balaban J connectivity index is 1.55. The number of carbonyl (C=O) groups is 2. The fourth-order valence-electron chi connectivity index (χ4n) is 4.07. The summed E-state index contributed by atoms with van der Waals surface area (Å²) in [5.41, 5.74) is 1.61. The Bertz CT molecular complexity index is 1250. The number of hydrogen-bond donors (Lipinski definition) is 1. The summed E-state index contributed by atoms with van der Waals surface area (Å²) in [6.45, 7) is 0.991. The second kappa shape index (κ2) is 10.2. The van der Waals surface area contributed by atoms with E-state index in [0.29, 0.717) is 12.2 Å². The van der Waals surface area contributed by atoms with Crippen LogP contribution in [0.3, 0.4) is 0 Å². The second-order valence-electron chi connectivity index (χ2n) is 7.92. The number of thiophene rings is 1. The van der Waals surface area contributed by atoms with Crippen LogP contribution in [-0.2, 0) is 30.7 Å². The van der Waals surface area contributed by atoms with Crippen molar-refractivity contribution in [1.29, 1.82) is 0 Å². The van der Waals surface area contributed by atoms with Gasteiger partial charge in [-0.05, 0) is 40.1 Å².